The first kappa shape index (κ1) is 18.9. The van der Waals surface area contributed by atoms with Crippen LogP contribution in [-0.4, -0.2) is 32.4 Å². The number of benzene rings is 1. The molecule has 0 aromatic heterocycles. The maximum absolute atomic E-state index is 12.5. The maximum Gasteiger partial charge on any atom is 0.218 e. The molecule has 1 aliphatic heterocycles. The molecule has 0 bridgehead atoms. The average molecular weight is 344 g/mol. The van der Waals surface area contributed by atoms with Crippen LogP contribution in [0.4, 0.5) is 0 Å². The van der Waals surface area contributed by atoms with E-state index in [0.29, 0.717) is 36.7 Å². The molecule has 1 aromatic rings. The van der Waals surface area contributed by atoms with Gasteiger partial charge in [-0.05, 0) is 49.4 Å². The summed E-state index contributed by atoms with van der Waals surface area (Å²) < 4.78 is 26.6. The van der Waals surface area contributed by atoms with E-state index in [1.807, 2.05) is 6.07 Å². The largest absolute Gasteiger partial charge is 0.330 e. The summed E-state index contributed by atoms with van der Waals surface area (Å²) in [5, 5.41) is 8.88. The molecule has 0 aliphatic carbocycles. The molecule has 5 nitrogen and oxygen atoms in total. The zero-order valence-corrected chi connectivity index (χ0v) is 14.1. The number of hydrogen-bond acceptors (Lipinski definition) is 4. The Bertz CT molecular complexity index is 626. The summed E-state index contributed by atoms with van der Waals surface area (Å²) in [5.41, 5.74) is 6.72. The van der Waals surface area contributed by atoms with Gasteiger partial charge in [-0.25, -0.2) is 12.7 Å². The fourth-order valence-electron chi connectivity index (χ4n) is 2.78. The van der Waals surface area contributed by atoms with Gasteiger partial charge in [-0.3, -0.25) is 0 Å². The minimum Gasteiger partial charge on any atom is -0.330 e. The molecule has 22 heavy (non-hydrogen) atoms. The number of hydrogen-bond donors (Lipinski definition) is 1. The molecular formula is C15H22ClN3O2S. The van der Waals surface area contributed by atoms with Gasteiger partial charge >= 0.3 is 0 Å². The second-order valence-corrected chi connectivity index (χ2v) is 7.48. The molecule has 1 atom stereocenters. The van der Waals surface area contributed by atoms with Crippen LogP contribution in [0.5, 0.6) is 0 Å². The van der Waals surface area contributed by atoms with Gasteiger partial charge in [0.2, 0.25) is 10.0 Å². The van der Waals surface area contributed by atoms with Crippen molar-refractivity contribution in [2.75, 3.05) is 19.6 Å². The van der Waals surface area contributed by atoms with Crippen molar-refractivity contribution >= 4 is 22.4 Å². The Kier molecular flexibility index (Phi) is 7.30. The summed E-state index contributed by atoms with van der Waals surface area (Å²) >= 11 is 0. The first-order chi connectivity index (χ1) is 10.0. The van der Waals surface area contributed by atoms with E-state index in [4.69, 9.17) is 11.0 Å². The zero-order valence-electron chi connectivity index (χ0n) is 12.4. The third-order valence-electron chi connectivity index (χ3n) is 3.86. The second kappa shape index (κ2) is 8.49. The van der Waals surface area contributed by atoms with E-state index >= 15 is 0 Å². The summed E-state index contributed by atoms with van der Waals surface area (Å²) in [6.07, 6.45) is 2.81. The molecule has 7 heteroatoms. The topological polar surface area (TPSA) is 87.2 Å². The monoisotopic (exact) mass is 343 g/mol. The molecular weight excluding hydrogens is 322 g/mol. The highest BCUT2D eigenvalue weighted by Crippen LogP contribution is 2.23. The lowest BCUT2D eigenvalue weighted by atomic mass is 9.96. The highest BCUT2D eigenvalue weighted by molar-refractivity contribution is 7.88. The van der Waals surface area contributed by atoms with Crippen LogP contribution in [0.3, 0.4) is 0 Å². The smallest absolute Gasteiger partial charge is 0.218 e. The van der Waals surface area contributed by atoms with Crippen molar-refractivity contribution < 1.29 is 8.42 Å². The first-order valence-corrected chi connectivity index (χ1v) is 8.83. The van der Waals surface area contributed by atoms with Crippen molar-refractivity contribution in [2.24, 2.45) is 11.7 Å². The van der Waals surface area contributed by atoms with Gasteiger partial charge in [-0.1, -0.05) is 12.1 Å². The fourth-order valence-corrected chi connectivity index (χ4v) is 4.41. The Morgan fingerprint density at radius 1 is 1.41 bits per heavy atom. The molecule has 2 N–H and O–H groups in total. The molecule has 1 heterocycles. The highest BCUT2D eigenvalue weighted by atomic mass is 35.5. The van der Waals surface area contributed by atoms with Gasteiger partial charge in [0, 0.05) is 13.1 Å². The highest BCUT2D eigenvalue weighted by Gasteiger charge is 2.28. The first-order valence-electron chi connectivity index (χ1n) is 7.22. The lowest BCUT2D eigenvalue weighted by molar-refractivity contribution is 0.258. The van der Waals surface area contributed by atoms with Gasteiger partial charge in [-0.2, -0.15) is 5.26 Å². The zero-order chi connectivity index (χ0) is 15.3. The summed E-state index contributed by atoms with van der Waals surface area (Å²) in [6.45, 7) is 1.75. The van der Waals surface area contributed by atoms with Crippen molar-refractivity contribution in [1.29, 1.82) is 5.26 Å². The van der Waals surface area contributed by atoms with Crippen molar-refractivity contribution in [3.8, 4) is 6.07 Å². The SMILES string of the molecule is Cl.N#Cc1cccc(CS(=O)(=O)N2CCCC(CCN)C2)c1. The van der Waals surface area contributed by atoms with E-state index < -0.39 is 10.0 Å². The third kappa shape index (κ3) is 4.96. The minimum absolute atomic E-state index is 0. The summed E-state index contributed by atoms with van der Waals surface area (Å²) in [6, 6.07) is 8.82. The predicted octanol–water partition coefficient (Wildman–Crippen LogP) is 1.87. The quantitative estimate of drug-likeness (QED) is 0.884. The van der Waals surface area contributed by atoms with E-state index in [-0.39, 0.29) is 18.2 Å². The maximum atomic E-state index is 12.5. The van der Waals surface area contributed by atoms with Crippen molar-refractivity contribution in [2.45, 2.75) is 25.0 Å². The molecule has 1 aliphatic rings. The number of nitrogens with two attached hydrogens (primary N) is 1. The molecule has 1 aromatic carbocycles. The Morgan fingerprint density at radius 3 is 2.86 bits per heavy atom. The summed E-state index contributed by atoms with van der Waals surface area (Å²) in [4.78, 5) is 0. The Labute approximate surface area is 138 Å². The Hall–Kier alpha value is -1.13. The molecule has 0 spiro atoms. The Balaban J connectivity index is 0.00000242. The molecule has 0 saturated carbocycles. The Morgan fingerprint density at radius 2 is 2.18 bits per heavy atom. The lowest BCUT2D eigenvalue weighted by Crippen LogP contribution is -2.41. The molecule has 2 rings (SSSR count). The second-order valence-electron chi connectivity index (χ2n) is 5.51. The van der Waals surface area contributed by atoms with E-state index in [1.165, 1.54) is 0 Å². The van der Waals surface area contributed by atoms with Gasteiger partial charge in [0.05, 0.1) is 17.4 Å². The van der Waals surface area contributed by atoms with Crippen LogP contribution in [0.1, 0.15) is 30.4 Å². The van der Waals surface area contributed by atoms with Crippen LogP contribution < -0.4 is 5.73 Å². The molecule has 1 unspecified atom stereocenters. The van der Waals surface area contributed by atoms with Crippen LogP contribution in [0.15, 0.2) is 24.3 Å². The third-order valence-corrected chi connectivity index (χ3v) is 5.67. The van der Waals surface area contributed by atoms with Crippen LogP contribution in [0.25, 0.3) is 0 Å². The number of sulfonamides is 1. The standard InChI is InChI=1S/C15H21N3O2S.ClH/c16-7-6-13-5-2-8-18(11-13)21(19,20)12-15-4-1-3-14(9-15)10-17;/h1,3-4,9,13H,2,5-8,11-12,16H2;1H. The van der Waals surface area contributed by atoms with E-state index in [0.717, 1.165) is 19.3 Å². The lowest BCUT2D eigenvalue weighted by Gasteiger charge is -2.31. The fraction of sp³-hybridized carbons (Fsp3) is 0.533. The normalized spacial score (nSPS) is 19.2. The number of rotatable bonds is 5. The number of nitriles is 1. The number of piperidine rings is 1. The number of halogens is 1. The van der Waals surface area contributed by atoms with E-state index in [1.54, 1.807) is 28.6 Å². The summed E-state index contributed by atoms with van der Waals surface area (Å²) in [7, 11) is -3.33. The van der Waals surface area contributed by atoms with Crippen LogP contribution in [0, 0.1) is 17.2 Å². The number of nitrogens with zero attached hydrogens (tertiary/aromatic N) is 2. The van der Waals surface area contributed by atoms with Crippen LogP contribution in [-0.2, 0) is 15.8 Å². The van der Waals surface area contributed by atoms with Gasteiger partial charge in [-0.15, -0.1) is 12.4 Å². The molecule has 0 amide bonds. The van der Waals surface area contributed by atoms with Crippen LogP contribution >= 0.6 is 12.4 Å². The van der Waals surface area contributed by atoms with Crippen molar-refractivity contribution in [3.05, 3.63) is 35.4 Å². The molecule has 1 saturated heterocycles. The van der Waals surface area contributed by atoms with Gasteiger partial charge in [0.15, 0.2) is 0 Å². The van der Waals surface area contributed by atoms with Gasteiger partial charge in [0.25, 0.3) is 0 Å². The summed E-state index contributed by atoms with van der Waals surface area (Å²) in [5.74, 6) is 0.321. The van der Waals surface area contributed by atoms with Gasteiger partial charge in [0.1, 0.15) is 0 Å². The predicted molar refractivity (Wildman–Crippen MR) is 89.0 cm³/mol. The van der Waals surface area contributed by atoms with Crippen molar-refractivity contribution in [1.82, 2.24) is 4.31 Å². The average Bonchev–Trinajstić information content (AvgIpc) is 2.48. The van der Waals surface area contributed by atoms with Gasteiger partial charge < -0.3 is 5.73 Å². The molecule has 0 radical (unpaired) electrons. The molecule has 122 valence electrons. The van der Waals surface area contributed by atoms with Crippen LogP contribution in [0.2, 0.25) is 0 Å². The minimum atomic E-state index is -3.33. The van der Waals surface area contributed by atoms with E-state index in [2.05, 4.69) is 0 Å². The molecule has 1 fully saturated rings. The van der Waals surface area contributed by atoms with Crippen molar-refractivity contribution in [3.63, 3.8) is 0 Å². The van der Waals surface area contributed by atoms with E-state index in [9.17, 15) is 8.42 Å².